The maximum absolute atomic E-state index is 13.1. The quantitative estimate of drug-likeness (QED) is 0.886. The van der Waals surface area contributed by atoms with E-state index in [4.69, 9.17) is 5.11 Å². The summed E-state index contributed by atoms with van der Waals surface area (Å²) in [5, 5.41) is 8.74. The number of aromatic carboxylic acids is 1. The van der Waals surface area contributed by atoms with E-state index in [1.165, 1.54) is 6.07 Å². The number of carbonyl (C=O) groups is 1. The number of hydrogen-bond acceptors (Lipinski definition) is 3. The summed E-state index contributed by atoms with van der Waals surface area (Å²) in [4.78, 5) is 10.7. The van der Waals surface area contributed by atoms with Crippen molar-refractivity contribution in [2.45, 2.75) is 6.92 Å². The minimum absolute atomic E-state index is 0.133. The fourth-order valence-electron chi connectivity index (χ4n) is 1.44. The van der Waals surface area contributed by atoms with Crippen LogP contribution in [0.15, 0.2) is 18.2 Å². The van der Waals surface area contributed by atoms with Crippen molar-refractivity contribution in [1.29, 1.82) is 0 Å². The lowest BCUT2D eigenvalue weighted by Gasteiger charge is -2.20. The van der Waals surface area contributed by atoms with Crippen molar-refractivity contribution >= 4 is 21.7 Å². The molecule has 0 aromatic heterocycles. The zero-order chi connectivity index (χ0) is 13.2. The van der Waals surface area contributed by atoms with Gasteiger partial charge in [-0.15, -0.1) is 0 Å². The number of carboxylic acids is 1. The van der Waals surface area contributed by atoms with Crippen LogP contribution in [0.25, 0.3) is 0 Å². The first-order valence-electron chi connectivity index (χ1n) is 4.78. The highest BCUT2D eigenvalue weighted by Gasteiger charge is 2.18. The number of nitrogens with zero attached hydrogens (tertiary/aromatic N) is 1. The second kappa shape index (κ2) is 4.70. The number of sulfonamides is 1. The van der Waals surface area contributed by atoms with E-state index in [2.05, 4.69) is 0 Å². The van der Waals surface area contributed by atoms with Gasteiger partial charge in [-0.2, -0.15) is 0 Å². The molecule has 7 heteroatoms. The summed E-state index contributed by atoms with van der Waals surface area (Å²) in [7, 11) is -3.51. The molecule has 0 saturated heterocycles. The Morgan fingerprint density at radius 1 is 1.47 bits per heavy atom. The molecule has 0 heterocycles. The smallest absolute Gasteiger partial charge is 0.338 e. The molecule has 17 heavy (non-hydrogen) atoms. The summed E-state index contributed by atoms with van der Waals surface area (Å²) >= 11 is 0. The summed E-state index contributed by atoms with van der Waals surface area (Å²) in [6, 6.07) is 3.17. The molecule has 0 unspecified atom stereocenters. The predicted octanol–water partition coefficient (Wildman–Crippen LogP) is 1.31. The fourth-order valence-corrected chi connectivity index (χ4v) is 2.41. The summed E-state index contributed by atoms with van der Waals surface area (Å²) < 4.78 is 37.0. The molecular weight excluding hydrogens is 249 g/mol. The molecule has 5 nitrogen and oxygen atoms in total. The molecule has 0 atom stereocenters. The van der Waals surface area contributed by atoms with Gasteiger partial charge in [0.2, 0.25) is 10.0 Å². The topological polar surface area (TPSA) is 74.7 Å². The van der Waals surface area contributed by atoms with Gasteiger partial charge in [-0.25, -0.2) is 17.6 Å². The SMILES string of the molecule is CCN(c1ccc(F)c(C(=O)O)c1)S(C)(=O)=O. The molecule has 1 aromatic carbocycles. The molecule has 0 radical (unpaired) electrons. The largest absolute Gasteiger partial charge is 0.478 e. The maximum Gasteiger partial charge on any atom is 0.338 e. The number of carboxylic acid groups (broad SMARTS) is 1. The van der Waals surface area contributed by atoms with Crippen LogP contribution in [-0.2, 0) is 10.0 Å². The number of benzene rings is 1. The third-order valence-electron chi connectivity index (χ3n) is 2.16. The normalized spacial score (nSPS) is 11.2. The second-order valence-electron chi connectivity index (χ2n) is 3.40. The molecule has 0 aliphatic rings. The summed E-state index contributed by atoms with van der Waals surface area (Å²) in [6.45, 7) is 1.74. The number of rotatable bonds is 4. The van der Waals surface area contributed by atoms with Gasteiger partial charge < -0.3 is 5.11 Å². The lowest BCUT2D eigenvalue weighted by atomic mass is 10.2. The zero-order valence-corrected chi connectivity index (χ0v) is 10.2. The predicted molar refractivity (Wildman–Crippen MR) is 61.2 cm³/mol. The number of anilines is 1. The van der Waals surface area contributed by atoms with Crippen LogP contribution < -0.4 is 4.31 Å². The Morgan fingerprint density at radius 2 is 2.06 bits per heavy atom. The van der Waals surface area contributed by atoms with Crippen LogP contribution in [0.2, 0.25) is 0 Å². The van der Waals surface area contributed by atoms with E-state index < -0.39 is 27.4 Å². The minimum atomic E-state index is -3.51. The van der Waals surface area contributed by atoms with Gasteiger partial charge in [0.15, 0.2) is 0 Å². The van der Waals surface area contributed by atoms with Crippen LogP contribution in [0.4, 0.5) is 10.1 Å². The molecule has 94 valence electrons. The van der Waals surface area contributed by atoms with Crippen molar-refractivity contribution in [2.75, 3.05) is 17.1 Å². The highest BCUT2D eigenvalue weighted by atomic mass is 32.2. The van der Waals surface area contributed by atoms with Gasteiger partial charge in [0.05, 0.1) is 17.5 Å². The Kier molecular flexibility index (Phi) is 3.72. The van der Waals surface area contributed by atoms with E-state index in [0.717, 1.165) is 22.7 Å². The zero-order valence-electron chi connectivity index (χ0n) is 9.34. The minimum Gasteiger partial charge on any atom is -0.478 e. The summed E-state index contributed by atoms with van der Waals surface area (Å²) in [5.41, 5.74) is -0.418. The van der Waals surface area contributed by atoms with Crippen LogP contribution in [0.1, 0.15) is 17.3 Å². The van der Waals surface area contributed by atoms with Crippen LogP contribution in [0, 0.1) is 5.82 Å². The van der Waals surface area contributed by atoms with Crippen molar-refractivity contribution < 1.29 is 22.7 Å². The Balaban J connectivity index is 3.33. The highest BCUT2D eigenvalue weighted by Crippen LogP contribution is 2.21. The summed E-state index contributed by atoms with van der Waals surface area (Å²) in [6.07, 6.45) is 1.00. The molecule has 0 fully saturated rings. The first-order valence-corrected chi connectivity index (χ1v) is 6.62. The molecular formula is C10H12FNO4S. The summed E-state index contributed by atoms with van der Waals surface area (Å²) in [5.74, 6) is -2.33. The molecule has 0 aliphatic heterocycles. The van der Waals surface area contributed by atoms with Gasteiger partial charge in [-0.3, -0.25) is 4.31 Å². The Hall–Kier alpha value is -1.63. The third-order valence-corrected chi connectivity index (χ3v) is 3.43. The van der Waals surface area contributed by atoms with Gasteiger partial charge in [0.25, 0.3) is 0 Å². The van der Waals surface area contributed by atoms with E-state index in [-0.39, 0.29) is 12.2 Å². The Labute approximate surface area is 98.5 Å². The van der Waals surface area contributed by atoms with Crippen molar-refractivity contribution in [3.8, 4) is 0 Å². The lowest BCUT2D eigenvalue weighted by Crippen LogP contribution is -2.29. The fraction of sp³-hybridized carbons (Fsp3) is 0.300. The first-order chi connectivity index (χ1) is 7.77. The van der Waals surface area contributed by atoms with Crippen LogP contribution in [0.5, 0.6) is 0 Å². The van der Waals surface area contributed by atoms with E-state index in [1.54, 1.807) is 6.92 Å². The number of hydrogen-bond donors (Lipinski definition) is 1. The van der Waals surface area contributed by atoms with Crippen LogP contribution in [-0.4, -0.2) is 32.3 Å². The Bertz CT molecular complexity index is 541. The molecule has 0 bridgehead atoms. The molecule has 1 rings (SSSR count). The number of halogens is 1. The molecule has 1 N–H and O–H groups in total. The van der Waals surface area contributed by atoms with Crippen LogP contribution >= 0.6 is 0 Å². The van der Waals surface area contributed by atoms with Crippen molar-refractivity contribution in [3.63, 3.8) is 0 Å². The molecule has 0 amide bonds. The highest BCUT2D eigenvalue weighted by molar-refractivity contribution is 7.92. The van der Waals surface area contributed by atoms with Gasteiger partial charge in [0, 0.05) is 6.54 Å². The van der Waals surface area contributed by atoms with Crippen molar-refractivity contribution in [3.05, 3.63) is 29.6 Å². The van der Waals surface area contributed by atoms with E-state index in [9.17, 15) is 17.6 Å². The first kappa shape index (κ1) is 13.4. The van der Waals surface area contributed by atoms with Gasteiger partial charge in [0.1, 0.15) is 5.82 Å². The van der Waals surface area contributed by atoms with Crippen LogP contribution in [0.3, 0.4) is 0 Å². The molecule has 0 aliphatic carbocycles. The maximum atomic E-state index is 13.1. The second-order valence-corrected chi connectivity index (χ2v) is 5.30. The standard InChI is InChI=1S/C10H12FNO4S/c1-3-12(17(2,15)16)7-4-5-9(11)8(6-7)10(13)14/h4-6H,3H2,1-2H3,(H,13,14). The van der Waals surface area contributed by atoms with Crippen molar-refractivity contribution in [2.24, 2.45) is 0 Å². The average Bonchev–Trinajstić information content (AvgIpc) is 2.19. The Morgan fingerprint density at radius 3 is 2.47 bits per heavy atom. The van der Waals surface area contributed by atoms with E-state index in [0.29, 0.717) is 0 Å². The van der Waals surface area contributed by atoms with E-state index >= 15 is 0 Å². The molecule has 0 saturated carbocycles. The molecule has 1 aromatic rings. The van der Waals surface area contributed by atoms with Gasteiger partial charge in [-0.1, -0.05) is 0 Å². The van der Waals surface area contributed by atoms with Gasteiger partial charge in [-0.05, 0) is 25.1 Å². The van der Waals surface area contributed by atoms with Gasteiger partial charge >= 0.3 is 5.97 Å². The average molecular weight is 261 g/mol. The monoisotopic (exact) mass is 261 g/mol. The van der Waals surface area contributed by atoms with Crippen molar-refractivity contribution in [1.82, 2.24) is 0 Å². The van der Waals surface area contributed by atoms with E-state index in [1.807, 2.05) is 0 Å². The lowest BCUT2D eigenvalue weighted by molar-refractivity contribution is 0.0692. The third kappa shape index (κ3) is 2.94. The molecule has 0 spiro atoms.